The van der Waals surface area contributed by atoms with E-state index in [2.05, 4.69) is 16.5 Å². The first-order chi connectivity index (χ1) is 19.4. The number of unbranched alkanes of at least 4 members (excludes halogenated alkanes) is 3. The molecule has 10 nitrogen and oxygen atoms in total. The van der Waals surface area contributed by atoms with Crippen molar-refractivity contribution in [1.29, 1.82) is 0 Å². The van der Waals surface area contributed by atoms with Crippen LogP contribution in [0, 0.1) is 5.92 Å². The summed E-state index contributed by atoms with van der Waals surface area (Å²) < 4.78 is 21.9. The molecule has 3 atom stereocenters. The Kier molecular flexibility index (Phi) is 11.3. The number of methoxy groups -OCH3 is 2. The van der Waals surface area contributed by atoms with Crippen LogP contribution in [-0.2, 0) is 23.9 Å². The van der Waals surface area contributed by atoms with Gasteiger partial charge in [-0.25, -0.2) is 14.8 Å². The van der Waals surface area contributed by atoms with Gasteiger partial charge in [0.2, 0.25) is 5.91 Å². The molecule has 41 heavy (non-hydrogen) atoms. The molecule has 2 aromatic rings. The third-order valence-corrected chi connectivity index (χ3v) is 6.99. The Morgan fingerprint density at radius 2 is 1.90 bits per heavy atom. The summed E-state index contributed by atoms with van der Waals surface area (Å²) in [6.07, 6.45) is 5.28. The number of amides is 1. The zero-order chi connectivity index (χ0) is 30.2. The Labute approximate surface area is 246 Å². The van der Waals surface area contributed by atoms with Gasteiger partial charge in [-0.1, -0.05) is 30.5 Å². The van der Waals surface area contributed by atoms with Gasteiger partial charge in [0.15, 0.2) is 5.15 Å². The van der Waals surface area contributed by atoms with Gasteiger partial charge < -0.3 is 23.8 Å². The Morgan fingerprint density at radius 1 is 1.15 bits per heavy atom. The van der Waals surface area contributed by atoms with Gasteiger partial charge in [0.1, 0.15) is 23.5 Å². The number of benzene rings is 1. The Morgan fingerprint density at radius 3 is 2.56 bits per heavy atom. The van der Waals surface area contributed by atoms with Gasteiger partial charge in [-0.05, 0) is 52.2 Å². The van der Waals surface area contributed by atoms with Gasteiger partial charge in [0.05, 0.1) is 38.2 Å². The van der Waals surface area contributed by atoms with Crippen molar-refractivity contribution in [2.24, 2.45) is 5.92 Å². The van der Waals surface area contributed by atoms with E-state index < -0.39 is 35.6 Å². The zero-order valence-electron chi connectivity index (χ0n) is 24.5. The van der Waals surface area contributed by atoms with Crippen LogP contribution >= 0.6 is 11.6 Å². The predicted octanol–water partition coefficient (Wildman–Crippen LogP) is 5.30. The molecule has 224 valence electrons. The van der Waals surface area contributed by atoms with Crippen LogP contribution in [0.4, 0.5) is 0 Å². The molecule has 0 saturated carbocycles. The van der Waals surface area contributed by atoms with Gasteiger partial charge >= 0.3 is 11.9 Å². The van der Waals surface area contributed by atoms with Crippen molar-refractivity contribution in [2.75, 3.05) is 20.8 Å². The molecule has 1 saturated heterocycles. The molecule has 1 amide bonds. The second-order valence-corrected chi connectivity index (χ2v) is 11.5. The Hall–Kier alpha value is -3.40. The lowest BCUT2D eigenvalue weighted by Gasteiger charge is -2.28. The average Bonchev–Trinajstić information content (AvgIpc) is 3.34. The summed E-state index contributed by atoms with van der Waals surface area (Å²) in [6.45, 7) is 9.18. The highest BCUT2D eigenvalue weighted by molar-refractivity contribution is 6.31. The number of hydrogen-bond donors (Lipinski definition) is 0. The van der Waals surface area contributed by atoms with Crippen LogP contribution in [0.2, 0.25) is 5.15 Å². The standard InChI is InChI=1S/C30H40ClN3O7/c1-7-8-9-10-11-12-19(15-25(35)41-30(2,3)4)28(36)34-18-21(17-24(34)29(37)39-6)40-27-26(31)32-22-14-13-20(38-5)16-23(22)33-27/h7,13-14,16,19,21,24H,1,8-12,15,17-18H2,2-6H3/t19-,21-,24+/m1/s1. The van der Waals surface area contributed by atoms with Crippen LogP contribution in [0.3, 0.4) is 0 Å². The molecule has 11 heteroatoms. The molecule has 0 radical (unpaired) electrons. The third-order valence-electron chi connectivity index (χ3n) is 6.74. The van der Waals surface area contributed by atoms with Crippen LogP contribution in [0.5, 0.6) is 11.6 Å². The van der Waals surface area contributed by atoms with E-state index in [9.17, 15) is 14.4 Å². The van der Waals surface area contributed by atoms with Gasteiger partial charge in [-0.3, -0.25) is 9.59 Å². The number of rotatable bonds is 13. The number of esters is 2. The molecule has 1 aromatic carbocycles. The summed E-state index contributed by atoms with van der Waals surface area (Å²) in [7, 11) is 2.83. The second kappa shape index (κ2) is 14.5. The predicted molar refractivity (Wildman–Crippen MR) is 155 cm³/mol. The van der Waals surface area contributed by atoms with Crippen molar-refractivity contribution in [3.63, 3.8) is 0 Å². The van der Waals surface area contributed by atoms with Gasteiger partial charge in [-0.2, -0.15) is 0 Å². The normalized spacial score (nSPS) is 17.7. The minimum Gasteiger partial charge on any atom is -0.497 e. The van der Waals surface area contributed by atoms with Gasteiger partial charge in [0, 0.05) is 18.4 Å². The molecule has 3 rings (SSSR count). The Bertz CT molecular complexity index is 1250. The van der Waals surface area contributed by atoms with E-state index in [-0.39, 0.29) is 36.3 Å². The van der Waals surface area contributed by atoms with E-state index in [4.69, 9.17) is 30.5 Å². The van der Waals surface area contributed by atoms with E-state index in [1.54, 1.807) is 46.1 Å². The fourth-order valence-corrected chi connectivity index (χ4v) is 5.01. The number of carbonyl (C=O) groups excluding carboxylic acids is 3. The molecule has 0 aliphatic carbocycles. The van der Waals surface area contributed by atoms with Crippen molar-refractivity contribution in [1.82, 2.24) is 14.9 Å². The van der Waals surface area contributed by atoms with E-state index in [1.807, 2.05) is 6.08 Å². The number of allylic oxidation sites excluding steroid dienone is 1. The number of carbonyl (C=O) groups is 3. The van der Waals surface area contributed by atoms with E-state index in [1.165, 1.54) is 12.0 Å². The van der Waals surface area contributed by atoms with Crippen LogP contribution in [0.1, 0.15) is 65.7 Å². The lowest BCUT2D eigenvalue weighted by atomic mass is 9.95. The smallest absolute Gasteiger partial charge is 0.328 e. The lowest BCUT2D eigenvalue weighted by molar-refractivity contribution is -0.159. The maximum atomic E-state index is 13.9. The molecule has 1 fully saturated rings. The van der Waals surface area contributed by atoms with Crippen molar-refractivity contribution in [3.05, 3.63) is 36.0 Å². The number of halogens is 1. The van der Waals surface area contributed by atoms with Crippen molar-refractivity contribution >= 4 is 40.5 Å². The molecular weight excluding hydrogens is 550 g/mol. The molecule has 0 spiro atoms. The van der Waals surface area contributed by atoms with E-state index >= 15 is 0 Å². The minimum atomic E-state index is -0.883. The monoisotopic (exact) mass is 589 g/mol. The van der Waals surface area contributed by atoms with Crippen LogP contribution in [0.15, 0.2) is 30.9 Å². The molecule has 2 heterocycles. The van der Waals surface area contributed by atoms with Gasteiger partial charge in [0.25, 0.3) is 5.88 Å². The number of ether oxygens (including phenoxy) is 4. The fraction of sp³-hybridized carbons (Fsp3) is 0.567. The molecule has 1 aliphatic rings. The van der Waals surface area contributed by atoms with Crippen LogP contribution < -0.4 is 9.47 Å². The first-order valence-electron chi connectivity index (χ1n) is 13.8. The van der Waals surface area contributed by atoms with Crippen LogP contribution in [0.25, 0.3) is 11.0 Å². The number of hydrogen-bond acceptors (Lipinski definition) is 9. The summed E-state index contributed by atoms with van der Waals surface area (Å²) in [4.78, 5) is 49.7. The van der Waals surface area contributed by atoms with Crippen LogP contribution in [-0.4, -0.2) is 71.2 Å². The molecular formula is C30H40ClN3O7. The number of fused-ring (bicyclic) bond motifs is 1. The highest BCUT2D eigenvalue weighted by atomic mass is 35.5. The largest absolute Gasteiger partial charge is 0.497 e. The average molecular weight is 590 g/mol. The fourth-order valence-electron chi connectivity index (χ4n) is 4.83. The summed E-state index contributed by atoms with van der Waals surface area (Å²) >= 11 is 6.37. The zero-order valence-corrected chi connectivity index (χ0v) is 25.2. The first-order valence-corrected chi connectivity index (χ1v) is 14.2. The number of nitrogens with zero attached hydrogens (tertiary/aromatic N) is 3. The molecule has 1 aliphatic heterocycles. The summed E-state index contributed by atoms with van der Waals surface area (Å²) in [6, 6.07) is 4.32. The third kappa shape index (κ3) is 9.05. The maximum Gasteiger partial charge on any atom is 0.328 e. The SMILES string of the molecule is C=CCCCCC[C@H](CC(=O)OC(C)(C)C)C(=O)N1C[C@H](Oc2nc3cc(OC)ccc3nc2Cl)C[C@H]1C(=O)OC. The summed E-state index contributed by atoms with van der Waals surface area (Å²) in [5.41, 5.74) is 0.407. The Balaban J connectivity index is 1.81. The minimum absolute atomic E-state index is 0.0596. The molecule has 0 N–H and O–H groups in total. The maximum absolute atomic E-state index is 13.9. The number of likely N-dealkylation sites (tertiary alicyclic amines) is 1. The first kappa shape index (κ1) is 32.1. The lowest BCUT2D eigenvalue weighted by Crippen LogP contribution is -2.45. The molecule has 0 bridgehead atoms. The van der Waals surface area contributed by atoms with Crippen molar-refractivity contribution in [2.45, 2.75) is 83.5 Å². The quantitative estimate of drug-likeness (QED) is 0.174. The van der Waals surface area contributed by atoms with E-state index in [0.717, 1.165) is 25.7 Å². The van der Waals surface area contributed by atoms with Crippen molar-refractivity contribution in [3.8, 4) is 11.6 Å². The highest BCUT2D eigenvalue weighted by Crippen LogP contribution is 2.31. The number of aromatic nitrogens is 2. The van der Waals surface area contributed by atoms with Gasteiger partial charge in [-0.15, -0.1) is 6.58 Å². The second-order valence-electron chi connectivity index (χ2n) is 11.1. The van der Waals surface area contributed by atoms with Crippen molar-refractivity contribution < 1.29 is 33.3 Å². The summed E-state index contributed by atoms with van der Waals surface area (Å²) in [5, 5.41) is 0.0596. The molecule has 0 unspecified atom stereocenters. The highest BCUT2D eigenvalue weighted by Gasteiger charge is 2.44. The molecule has 1 aromatic heterocycles. The topological polar surface area (TPSA) is 117 Å². The summed E-state index contributed by atoms with van der Waals surface area (Å²) in [5.74, 6) is -1.31. The van der Waals surface area contributed by atoms with E-state index in [0.29, 0.717) is 23.2 Å².